The van der Waals surface area contributed by atoms with Crippen LogP contribution in [0.15, 0.2) is 54.9 Å². The van der Waals surface area contributed by atoms with Crippen molar-refractivity contribution in [2.45, 2.75) is 38.1 Å². The molecule has 1 aromatic heterocycles. The second-order valence-corrected chi connectivity index (χ2v) is 6.35. The molecule has 4 nitrogen and oxygen atoms in total. The van der Waals surface area contributed by atoms with Gasteiger partial charge in [0.2, 0.25) is 0 Å². The Hall–Kier alpha value is -2.62. The molecule has 0 bridgehead atoms. The topological polar surface area (TPSA) is 44.1 Å². The summed E-state index contributed by atoms with van der Waals surface area (Å²) < 4.78 is 7.66. The van der Waals surface area contributed by atoms with Crippen molar-refractivity contribution < 1.29 is 9.53 Å². The molecule has 2 aromatic carbocycles. The SMILES string of the molecule is O=C(Oc1ccccc1)c1ccc2c(c1)ncn2C1CCCCC1. The molecule has 1 fully saturated rings. The van der Waals surface area contributed by atoms with Crippen LogP contribution < -0.4 is 4.74 Å². The highest BCUT2D eigenvalue weighted by atomic mass is 16.5. The third-order valence-corrected chi connectivity index (χ3v) is 4.73. The minimum Gasteiger partial charge on any atom is -0.423 e. The number of hydrogen-bond donors (Lipinski definition) is 0. The first-order chi connectivity index (χ1) is 11.8. The van der Waals surface area contributed by atoms with Crippen LogP contribution in [-0.2, 0) is 0 Å². The first-order valence-corrected chi connectivity index (χ1v) is 8.55. The Kier molecular flexibility index (Phi) is 4.03. The highest BCUT2D eigenvalue weighted by molar-refractivity contribution is 5.94. The summed E-state index contributed by atoms with van der Waals surface area (Å²) in [4.78, 5) is 16.8. The van der Waals surface area contributed by atoms with E-state index in [9.17, 15) is 4.79 Å². The summed E-state index contributed by atoms with van der Waals surface area (Å²) in [6.45, 7) is 0. The summed E-state index contributed by atoms with van der Waals surface area (Å²) >= 11 is 0. The molecular formula is C20H20N2O2. The molecule has 3 aromatic rings. The van der Waals surface area contributed by atoms with Gasteiger partial charge in [0.1, 0.15) is 5.75 Å². The monoisotopic (exact) mass is 320 g/mol. The van der Waals surface area contributed by atoms with Gasteiger partial charge in [0.25, 0.3) is 0 Å². The van der Waals surface area contributed by atoms with Gasteiger partial charge < -0.3 is 9.30 Å². The standard InChI is InChI=1S/C20H20N2O2/c23-20(24-17-9-5-2-6-10-17)15-11-12-19-18(13-15)21-14-22(19)16-7-3-1-4-8-16/h2,5-6,9-14,16H,1,3-4,7-8H2. The zero-order chi connectivity index (χ0) is 16.4. The lowest BCUT2D eigenvalue weighted by atomic mass is 9.95. The predicted molar refractivity (Wildman–Crippen MR) is 93.3 cm³/mol. The number of imidazole rings is 1. The van der Waals surface area contributed by atoms with Crippen LogP contribution in [0, 0.1) is 0 Å². The number of rotatable bonds is 3. The predicted octanol–water partition coefficient (Wildman–Crippen LogP) is 4.76. The van der Waals surface area contributed by atoms with Crippen molar-refractivity contribution in [2.75, 3.05) is 0 Å². The number of hydrogen-bond acceptors (Lipinski definition) is 3. The van der Waals surface area contributed by atoms with Crippen LogP contribution in [-0.4, -0.2) is 15.5 Å². The van der Waals surface area contributed by atoms with E-state index in [-0.39, 0.29) is 5.97 Å². The van der Waals surface area contributed by atoms with Gasteiger partial charge in [-0.3, -0.25) is 0 Å². The van der Waals surface area contributed by atoms with Crippen molar-refractivity contribution in [2.24, 2.45) is 0 Å². The second kappa shape index (κ2) is 6.48. The van der Waals surface area contributed by atoms with E-state index in [4.69, 9.17) is 4.74 Å². The summed E-state index contributed by atoms with van der Waals surface area (Å²) in [6, 6.07) is 15.3. The van der Waals surface area contributed by atoms with E-state index in [2.05, 4.69) is 9.55 Å². The van der Waals surface area contributed by atoms with Crippen LogP contribution in [0.25, 0.3) is 11.0 Å². The Labute approximate surface area is 141 Å². The molecule has 1 aliphatic rings. The van der Waals surface area contributed by atoms with Gasteiger partial charge in [-0.2, -0.15) is 0 Å². The quantitative estimate of drug-likeness (QED) is 0.516. The van der Waals surface area contributed by atoms with Crippen LogP contribution in [0.4, 0.5) is 0 Å². The average Bonchev–Trinajstić information content (AvgIpc) is 3.06. The fourth-order valence-electron chi connectivity index (χ4n) is 3.46. The minimum absolute atomic E-state index is 0.352. The maximum absolute atomic E-state index is 12.3. The Morgan fingerprint density at radius 2 is 1.83 bits per heavy atom. The smallest absolute Gasteiger partial charge is 0.343 e. The van der Waals surface area contributed by atoms with Crippen molar-refractivity contribution in [3.05, 3.63) is 60.4 Å². The molecule has 122 valence electrons. The summed E-state index contributed by atoms with van der Waals surface area (Å²) in [5.74, 6) is 0.200. The number of ether oxygens (including phenoxy) is 1. The maximum Gasteiger partial charge on any atom is 0.343 e. The van der Waals surface area contributed by atoms with Gasteiger partial charge in [-0.05, 0) is 43.2 Å². The lowest BCUT2D eigenvalue weighted by Gasteiger charge is -2.23. The summed E-state index contributed by atoms with van der Waals surface area (Å²) in [7, 11) is 0. The number of carbonyl (C=O) groups is 1. The highest BCUT2D eigenvalue weighted by Gasteiger charge is 2.18. The van der Waals surface area contributed by atoms with Crippen LogP contribution in [0.2, 0.25) is 0 Å². The number of benzene rings is 2. The first-order valence-electron chi connectivity index (χ1n) is 8.55. The molecule has 0 N–H and O–H groups in total. The number of esters is 1. The Morgan fingerprint density at radius 3 is 2.62 bits per heavy atom. The maximum atomic E-state index is 12.3. The molecule has 0 amide bonds. The first kappa shape index (κ1) is 14.9. The van der Waals surface area contributed by atoms with E-state index in [1.54, 1.807) is 12.1 Å². The van der Waals surface area contributed by atoms with E-state index in [0.29, 0.717) is 17.4 Å². The third kappa shape index (κ3) is 2.92. The average molecular weight is 320 g/mol. The molecule has 4 rings (SSSR count). The van der Waals surface area contributed by atoms with E-state index in [1.165, 1.54) is 32.1 Å². The summed E-state index contributed by atoms with van der Waals surface area (Å²) in [6.07, 6.45) is 8.23. The van der Waals surface area contributed by atoms with E-state index in [0.717, 1.165) is 11.0 Å². The molecule has 1 aliphatic carbocycles. The molecule has 24 heavy (non-hydrogen) atoms. The number of para-hydroxylation sites is 1. The number of carbonyl (C=O) groups excluding carboxylic acids is 1. The van der Waals surface area contributed by atoms with Crippen LogP contribution >= 0.6 is 0 Å². The summed E-state index contributed by atoms with van der Waals surface area (Å²) in [5, 5.41) is 0. The number of fused-ring (bicyclic) bond motifs is 1. The third-order valence-electron chi connectivity index (χ3n) is 4.73. The van der Waals surface area contributed by atoms with Gasteiger partial charge in [-0.25, -0.2) is 9.78 Å². The lowest BCUT2D eigenvalue weighted by molar-refractivity contribution is 0.0735. The van der Waals surface area contributed by atoms with Crippen LogP contribution in [0.3, 0.4) is 0 Å². The van der Waals surface area contributed by atoms with Gasteiger partial charge >= 0.3 is 5.97 Å². The molecule has 1 heterocycles. The van der Waals surface area contributed by atoms with Crippen molar-refractivity contribution in [1.29, 1.82) is 0 Å². The van der Waals surface area contributed by atoms with Crippen molar-refractivity contribution in [3.63, 3.8) is 0 Å². The zero-order valence-electron chi connectivity index (χ0n) is 13.5. The minimum atomic E-state index is -0.352. The molecule has 4 heteroatoms. The Balaban J connectivity index is 1.58. The Morgan fingerprint density at radius 1 is 1.04 bits per heavy atom. The van der Waals surface area contributed by atoms with Gasteiger partial charge in [0.05, 0.1) is 22.9 Å². The van der Waals surface area contributed by atoms with Crippen molar-refractivity contribution >= 4 is 17.0 Å². The van der Waals surface area contributed by atoms with Gasteiger partial charge in [0, 0.05) is 6.04 Å². The Bertz CT molecular complexity index is 848. The molecule has 0 aliphatic heterocycles. The second-order valence-electron chi connectivity index (χ2n) is 6.35. The van der Waals surface area contributed by atoms with Gasteiger partial charge in [-0.1, -0.05) is 37.5 Å². The van der Waals surface area contributed by atoms with E-state index < -0.39 is 0 Å². The van der Waals surface area contributed by atoms with E-state index >= 15 is 0 Å². The number of aromatic nitrogens is 2. The van der Waals surface area contributed by atoms with Crippen molar-refractivity contribution in [3.8, 4) is 5.75 Å². The molecule has 1 saturated carbocycles. The largest absolute Gasteiger partial charge is 0.423 e. The van der Waals surface area contributed by atoms with Gasteiger partial charge in [-0.15, -0.1) is 0 Å². The van der Waals surface area contributed by atoms with Gasteiger partial charge in [0.15, 0.2) is 0 Å². The zero-order valence-corrected chi connectivity index (χ0v) is 13.5. The normalized spacial score (nSPS) is 15.5. The molecular weight excluding hydrogens is 300 g/mol. The fourth-order valence-corrected chi connectivity index (χ4v) is 3.46. The summed E-state index contributed by atoms with van der Waals surface area (Å²) in [5.41, 5.74) is 2.47. The number of nitrogens with zero attached hydrogens (tertiary/aromatic N) is 2. The fraction of sp³-hybridized carbons (Fsp3) is 0.300. The van der Waals surface area contributed by atoms with E-state index in [1.807, 2.05) is 42.7 Å². The molecule has 0 atom stereocenters. The lowest BCUT2D eigenvalue weighted by Crippen LogP contribution is -2.12. The van der Waals surface area contributed by atoms with Crippen molar-refractivity contribution in [1.82, 2.24) is 9.55 Å². The highest BCUT2D eigenvalue weighted by Crippen LogP contribution is 2.31. The molecule has 0 spiro atoms. The van der Waals surface area contributed by atoms with Crippen LogP contribution in [0.1, 0.15) is 48.5 Å². The molecule has 0 unspecified atom stereocenters. The molecule has 0 radical (unpaired) electrons. The molecule has 0 saturated heterocycles. The van der Waals surface area contributed by atoms with Crippen LogP contribution in [0.5, 0.6) is 5.75 Å².